The fourth-order valence-corrected chi connectivity index (χ4v) is 2.30. The van der Waals surface area contributed by atoms with Crippen molar-refractivity contribution in [2.45, 2.75) is 13.5 Å². The van der Waals surface area contributed by atoms with Crippen LogP contribution >= 0.6 is 0 Å². The van der Waals surface area contributed by atoms with E-state index in [1.807, 2.05) is 29.7 Å². The number of imidazole rings is 1. The highest BCUT2D eigenvalue weighted by atomic mass is 16.1. The van der Waals surface area contributed by atoms with E-state index < -0.39 is 0 Å². The molecule has 3 rings (SSSR count). The van der Waals surface area contributed by atoms with Gasteiger partial charge in [0, 0.05) is 0 Å². The van der Waals surface area contributed by atoms with E-state index in [0.717, 1.165) is 17.7 Å². The van der Waals surface area contributed by atoms with E-state index in [-0.39, 0.29) is 5.91 Å². The van der Waals surface area contributed by atoms with Crippen LogP contribution in [0.25, 0.3) is 5.69 Å². The molecule has 0 atom stereocenters. The zero-order valence-corrected chi connectivity index (χ0v) is 9.80. The summed E-state index contributed by atoms with van der Waals surface area (Å²) in [4.78, 5) is 27.2. The van der Waals surface area contributed by atoms with Crippen molar-refractivity contribution in [3.8, 4) is 5.69 Å². The Labute approximate surface area is 103 Å². The van der Waals surface area contributed by atoms with Gasteiger partial charge in [-0.1, -0.05) is 12.1 Å². The fourth-order valence-electron chi connectivity index (χ4n) is 2.30. The van der Waals surface area contributed by atoms with Gasteiger partial charge in [0.25, 0.3) is 5.91 Å². The number of nitrogens with zero attached hydrogens (tertiary/aromatic N) is 2. The second-order valence-electron chi connectivity index (χ2n) is 4.14. The van der Waals surface area contributed by atoms with Gasteiger partial charge in [-0.3, -0.25) is 14.2 Å². The number of aldehydes is 1. The summed E-state index contributed by atoms with van der Waals surface area (Å²) in [6.45, 7) is 2.13. The molecule has 1 aliphatic rings. The number of fused-ring (bicyclic) bond motifs is 3. The summed E-state index contributed by atoms with van der Waals surface area (Å²) in [5.41, 5.74) is 2.46. The molecule has 0 radical (unpaired) electrons. The van der Waals surface area contributed by atoms with Crippen LogP contribution < -0.4 is 5.32 Å². The van der Waals surface area contributed by atoms with E-state index in [0.29, 0.717) is 23.6 Å². The predicted molar refractivity (Wildman–Crippen MR) is 64.9 cm³/mol. The average molecular weight is 241 g/mol. The number of carbonyl (C=O) groups is 2. The molecule has 1 aromatic carbocycles. The lowest BCUT2D eigenvalue weighted by atomic mass is 10.1. The maximum Gasteiger partial charge on any atom is 0.253 e. The van der Waals surface area contributed by atoms with Crippen LogP contribution in [-0.4, -0.2) is 21.7 Å². The molecule has 0 saturated heterocycles. The number of hydrogen-bond acceptors (Lipinski definition) is 3. The third-order valence-corrected chi connectivity index (χ3v) is 3.09. The molecule has 0 unspecified atom stereocenters. The molecular formula is C13H11N3O2. The van der Waals surface area contributed by atoms with Crippen molar-refractivity contribution in [3.63, 3.8) is 0 Å². The summed E-state index contributed by atoms with van der Waals surface area (Å²) < 4.78 is 1.86. The van der Waals surface area contributed by atoms with Crippen molar-refractivity contribution >= 4 is 12.2 Å². The quantitative estimate of drug-likeness (QED) is 0.764. The molecule has 0 spiro atoms. The topological polar surface area (TPSA) is 64.0 Å². The second-order valence-corrected chi connectivity index (χ2v) is 4.14. The highest BCUT2D eigenvalue weighted by molar-refractivity contribution is 5.98. The van der Waals surface area contributed by atoms with Crippen LogP contribution in [0, 0.1) is 6.92 Å². The molecule has 5 heteroatoms. The molecule has 5 nitrogen and oxygen atoms in total. The lowest BCUT2D eigenvalue weighted by Crippen LogP contribution is -2.21. The van der Waals surface area contributed by atoms with E-state index >= 15 is 0 Å². The zero-order chi connectivity index (χ0) is 12.7. The Morgan fingerprint density at radius 2 is 2.17 bits per heavy atom. The van der Waals surface area contributed by atoms with Crippen molar-refractivity contribution in [1.29, 1.82) is 0 Å². The van der Waals surface area contributed by atoms with Gasteiger partial charge in [-0.15, -0.1) is 0 Å². The summed E-state index contributed by atoms with van der Waals surface area (Å²) in [6.07, 6.45) is 0.721. The van der Waals surface area contributed by atoms with Crippen LogP contribution in [0.1, 0.15) is 32.4 Å². The van der Waals surface area contributed by atoms with E-state index in [9.17, 15) is 9.59 Å². The average Bonchev–Trinajstić information content (AvgIpc) is 2.63. The van der Waals surface area contributed by atoms with Gasteiger partial charge in [0.15, 0.2) is 6.29 Å². The van der Waals surface area contributed by atoms with Crippen molar-refractivity contribution in [2.75, 3.05) is 0 Å². The summed E-state index contributed by atoms with van der Waals surface area (Å²) in [6, 6.07) is 7.30. The zero-order valence-electron chi connectivity index (χ0n) is 9.80. The van der Waals surface area contributed by atoms with Crippen LogP contribution in [0.2, 0.25) is 0 Å². The Balaban J connectivity index is 2.36. The molecule has 0 bridgehead atoms. The fraction of sp³-hybridized carbons (Fsp3) is 0.154. The molecule has 0 saturated carbocycles. The number of para-hydroxylation sites is 1. The molecule has 1 amide bonds. The SMILES string of the molecule is Cc1nc(C=O)c2n1-c1ccccc1C(=O)NC2. The van der Waals surface area contributed by atoms with Crippen molar-refractivity contribution in [2.24, 2.45) is 0 Å². The first-order valence-electron chi connectivity index (χ1n) is 5.63. The van der Waals surface area contributed by atoms with Crippen molar-refractivity contribution < 1.29 is 9.59 Å². The number of nitrogens with one attached hydrogen (secondary N) is 1. The van der Waals surface area contributed by atoms with Crippen LogP contribution in [0.15, 0.2) is 24.3 Å². The second kappa shape index (κ2) is 3.80. The van der Waals surface area contributed by atoms with E-state index in [4.69, 9.17) is 0 Å². The van der Waals surface area contributed by atoms with Crippen molar-refractivity contribution in [3.05, 3.63) is 47.0 Å². The number of aryl methyl sites for hydroxylation is 1. The Morgan fingerprint density at radius 3 is 2.94 bits per heavy atom. The molecule has 18 heavy (non-hydrogen) atoms. The van der Waals surface area contributed by atoms with Crippen LogP contribution in [0.5, 0.6) is 0 Å². The predicted octanol–water partition coefficient (Wildman–Crippen LogP) is 1.24. The number of rotatable bonds is 1. The maximum absolute atomic E-state index is 11.9. The Bertz CT molecular complexity index is 658. The largest absolute Gasteiger partial charge is 0.346 e. The van der Waals surface area contributed by atoms with Gasteiger partial charge in [0.1, 0.15) is 11.5 Å². The Kier molecular flexibility index (Phi) is 2.26. The summed E-state index contributed by atoms with van der Waals surface area (Å²) in [5, 5.41) is 2.79. The first-order valence-corrected chi connectivity index (χ1v) is 5.63. The number of aromatic nitrogens is 2. The van der Waals surface area contributed by atoms with Crippen LogP contribution in [0.3, 0.4) is 0 Å². The van der Waals surface area contributed by atoms with Crippen molar-refractivity contribution in [1.82, 2.24) is 14.9 Å². The minimum Gasteiger partial charge on any atom is -0.346 e. The van der Waals surface area contributed by atoms with E-state index in [2.05, 4.69) is 10.3 Å². The Morgan fingerprint density at radius 1 is 1.39 bits per heavy atom. The highest BCUT2D eigenvalue weighted by Gasteiger charge is 2.23. The van der Waals surface area contributed by atoms with Gasteiger partial charge < -0.3 is 5.32 Å². The van der Waals surface area contributed by atoms with Gasteiger partial charge in [-0.2, -0.15) is 0 Å². The summed E-state index contributed by atoms with van der Waals surface area (Å²) >= 11 is 0. The number of benzene rings is 1. The molecular weight excluding hydrogens is 230 g/mol. The van der Waals surface area contributed by atoms with E-state index in [1.165, 1.54) is 0 Å². The normalized spacial score (nSPS) is 13.3. The monoisotopic (exact) mass is 241 g/mol. The van der Waals surface area contributed by atoms with Gasteiger partial charge >= 0.3 is 0 Å². The minimum atomic E-state index is -0.134. The van der Waals surface area contributed by atoms with Crippen LogP contribution in [-0.2, 0) is 6.54 Å². The molecule has 0 fully saturated rings. The van der Waals surface area contributed by atoms with Gasteiger partial charge in [0.05, 0.1) is 23.5 Å². The molecule has 1 aromatic heterocycles. The minimum absolute atomic E-state index is 0.134. The summed E-state index contributed by atoms with van der Waals surface area (Å²) in [5.74, 6) is 0.571. The number of hydrogen-bond donors (Lipinski definition) is 1. The lowest BCUT2D eigenvalue weighted by Gasteiger charge is -2.08. The maximum atomic E-state index is 11.9. The highest BCUT2D eigenvalue weighted by Crippen LogP contribution is 2.23. The molecule has 0 aliphatic carbocycles. The number of amides is 1. The first-order chi connectivity index (χ1) is 8.72. The first kappa shape index (κ1) is 10.7. The van der Waals surface area contributed by atoms with Gasteiger partial charge in [-0.25, -0.2) is 4.98 Å². The Hall–Kier alpha value is -2.43. The van der Waals surface area contributed by atoms with Gasteiger partial charge in [-0.05, 0) is 19.1 Å². The molecule has 1 aliphatic heterocycles. The third kappa shape index (κ3) is 1.37. The standard InChI is InChI=1S/C13H11N3O2/c1-8-15-10(7-17)12-6-14-13(18)9-4-2-3-5-11(9)16(8)12/h2-5,7H,6H2,1H3,(H,14,18). The van der Waals surface area contributed by atoms with E-state index in [1.54, 1.807) is 6.07 Å². The molecule has 2 aromatic rings. The molecule has 2 heterocycles. The number of carbonyl (C=O) groups excluding carboxylic acids is 2. The van der Waals surface area contributed by atoms with Gasteiger partial charge in [0.2, 0.25) is 0 Å². The summed E-state index contributed by atoms with van der Waals surface area (Å²) in [7, 11) is 0. The molecule has 1 N–H and O–H groups in total. The van der Waals surface area contributed by atoms with Crippen LogP contribution in [0.4, 0.5) is 0 Å². The lowest BCUT2D eigenvalue weighted by molar-refractivity contribution is 0.0951. The third-order valence-electron chi connectivity index (χ3n) is 3.09. The smallest absolute Gasteiger partial charge is 0.253 e. The molecule has 90 valence electrons.